The van der Waals surface area contributed by atoms with Gasteiger partial charge in [-0.25, -0.2) is 0 Å². The number of carbonyl (C=O) groups is 1. The normalized spacial score (nSPS) is 12.9. The molecule has 0 fully saturated rings. The van der Waals surface area contributed by atoms with Gasteiger partial charge in [-0.3, -0.25) is 4.79 Å². The summed E-state index contributed by atoms with van der Waals surface area (Å²) in [6.07, 6.45) is -1.17. The van der Waals surface area contributed by atoms with Crippen molar-refractivity contribution < 1.29 is 18.3 Å². The number of carbonyl (C=O) groups excluding carboxylic acids is 1. The molecule has 0 saturated carbocycles. The monoisotopic (exact) mass is 304 g/mol. The summed E-state index contributed by atoms with van der Waals surface area (Å²) in [5.41, 5.74) is 0.216. The van der Waals surface area contributed by atoms with Gasteiger partial charge in [-0.05, 0) is 23.8 Å². The first kappa shape index (κ1) is 13.8. The van der Waals surface area contributed by atoms with Crippen molar-refractivity contribution in [2.24, 2.45) is 0 Å². The first-order valence-electron chi connectivity index (χ1n) is 4.81. The Labute approximate surface area is 106 Å². The minimum Gasteiger partial charge on any atom is -0.451 e. The van der Waals surface area contributed by atoms with E-state index in [1.165, 1.54) is 12.1 Å². The average molecular weight is 305 g/mol. The third-order valence-corrected chi connectivity index (χ3v) is 2.61. The largest absolute Gasteiger partial charge is 0.451 e. The van der Waals surface area contributed by atoms with E-state index in [1.807, 2.05) is 0 Å². The van der Waals surface area contributed by atoms with Crippen LogP contribution in [0.1, 0.15) is 18.6 Å². The van der Waals surface area contributed by atoms with E-state index in [0.717, 1.165) is 11.4 Å². The van der Waals surface area contributed by atoms with Crippen LogP contribution in [0.3, 0.4) is 0 Å². The minimum absolute atomic E-state index is 0.216. The van der Waals surface area contributed by atoms with Crippen molar-refractivity contribution in [3.05, 3.63) is 47.0 Å². The van der Waals surface area contributed by atoms with Gasteiger partial charge in [0.25, 0.3) is 0 Å². The van der Waals surface area contributed by atoms with E-state index in [9.17, 15) is 13.6 Å². The van der Waals surface area contributed by atoms with Crippen molar-refractivity contribution in [3.63, 3.8) is 0 Å². The van der Waals surface area contributed by atoms with Gasteiger partial charge in [0, 0.05) is 11.4 Å². The zero-order valence-electron chi connectivity index (χ0n) is 9.12. The van der Waals surface area contributed by atoms with E-state index in [1.54, 1.807) is 12.1 Å². The highest BCUT2D eigenvalue weighted by Crippen LogP contribution is 2.36. The molecule has 0 N–H and O–H groups in total. The molecule has 1 rings (SSSR count). The van der Waals surface area contributed by atoms with Crippen molar-refractivity contribution in [3.8, 4) is 0 Å². The Hall–Kier alpha value is -1.23. The van der Waals surface area contributed by atoms with Gasteiger partial charge in [0.2, 0.25) is 0 Å². The van der Waals surface area contributed by atoms with Crippen LogP contribution in [0.5, 0.6) is 0 Å². The van der Waals surface area contributed by atoms with Gasteiger partial charge >= 0.3 is 11.9 Å². The zero-order chi connectivity index (χ0) is 13.1. The first-order chi connectivity index (χ1) is 7.86. The van der Waals surface area contributed by atoms with Gasteiger partial charge < -0.3 is 4.74 Å². The van der Waals surface area contributed by atoms with Gasteiger partial charge in [-0.15, -0.1) is 0 Å². The molecule has 1 atom stereocenters. The van der Waals surface area contributed by atoms with Crippen LogP contribution in [-0.2, 0) is 9.53 Å². The smallest absolute Gasteiger partial charge is 0.306 e. The molecule has 17 heavy (non-hydrogen) atoms. The van der Waals surface area contributed by atoms with Gasteiger partial charge in [-0.1, -0.05) is 34.6 Å². The molecule has 0 spiro atoms. The fourth-order valence-electron chi connectivity index (χ4n) is 1.28. The van der Waals surface area contributed by atoms with Crippen LogP contribution in [0, 0.1) is 0 Å². The number of halogens is 3. The van der Waals surface area contributed by atoms with Crippen LogP contribution in [0.25, 0.3) is 0 Å². The lowest BCUT2D eigenvalue weighted by Crippen LogP contribution is -2.27. The molecule has 0 aliphatic rings. The molecule has 0 heterocycles. The summed E-state index contributed by atoms with van der Waals surface area (Å²) in [6, 6.07) is 6.14. The SMILES string of the molecule is C=CC(F)(F)[C@@H](OC(C)=O)c1ccc(Br)cc1. The Kier molecular flexibility index (Phi) is 4.40. The van der Waals surface area contributed by atoms with Crippen molar-refractivity contribution in [1.82, 2.24) is 0 Å². The number of ether oxygens (including phenoxy) is 1. The van der Waals surface area contributed by atoms with Crippen LogP contribution in [0.2, 0.25) is 0 Å². The molecule has 0 aliphatic carbocycles. The number of hydrogen-bond acceptors (Lipinski definition) is 2. The second-order valence-electron chi connectivity index (χ2n) is 3.42. The van der Waals surface area contributed by atoms with Crippen molar-refractivity contribution >= 4 is 21.9 Å². The highest BCUT2D eigenvalue weighted by molar-refractivity contribution is 9.10. The van der Waals surface area contributed by atoms with Crippen molar-refractivity contribution in [1.29, 1.82) is 0 Å². The third kappa shape index (κ3) is 3.63. The molecule has 1 aromatic carbocycles. The van der Waals surface area contributed by atoms with Crippen LogP contribution < -0.4 is 0 Å². The molecule has 0 amide bonds. The lowest BCUT2D eigenvalue weighted by atomic mass is 10.0. The minimum atomic E-state index is -3.31. The van der Waals surface area contributed by atoms with Gasteiger partial charge in [0.1, 0.15) is 0 Å². The Bertz CT molecular complexity index is 415. The lowest BCUT2D eigenvalue weighted by molar-refractivity contribution is -0.164. The molecule has 0 saturated heterocycles. The Morgan fingerprint density at radius 1 is 1.47 bits per heavy atom. The number of benzene rings is 1. The molecule has 1 aromatic rings. The summed E-state index contributed by atoms with van der Waals surface area (Å²) in [5.74, 6) is -4.07. The predicted molar refractivity (Wildman–Crippen MR) is 63.8 cm³/mol. The van der Waals surface area contributed by atoms with Crippen LogP contribution in [0.4, 0.5) is 8.78 Å². The number of esters is 1. The topological polar surface area (TPSA) is 26.3 Å². The first-order valence-corrected chi connectivity index (χ1v) is 5.60. The highest BCUT2D eigenvalue weighted by atomic mass is 79.9. The lowest BCUT2D eigenvalue weighted by Gasteiger charge is -2.24. The molecule has 0 aliphatic heterocycles. The van der Waals surface area contributed by atoms with Crippen molar-refractivity contribution in [2.45, 2.75) is 19.0 Å². The van der Waals surface area contributed by atoms with E-state index >= 15 is 0 Å². The molecule has 0 aromatic heterocycles. The van der Waals surface area contributed by atoms with Gasteiger partial charge in [0.15, 0.2) is 6.10 Å². The maximum Gasteiger partial charge on any atom is 0.306 e. The average Bonchev–Trinajstić information content (AvgIpc) is 2.27. The van der Waals surface area contributed by atoms with E-state index in [-0.39, 0.29) is 5.56 Å². The fourth-order valence-corrected chi connectivity index (χ4v) is 1.54. The van der Waals surface area contributed by atoms with Crippen LogP contribution in [-0.4, -0.2) is 11.9 Å². The Morgan fingerprint density at radius 3 is 2.41 bits per heavy atom. The summed E-state index contributed by atoms with van der Waals surface area (Å²) in [5, 5.41) is 0. The number of rotatable bonds is 4. The van der Waals surface area contributed by atoms with Gasteiger partial charge in [-0.2, -0.15) is 8.78 Å². The summed E-state index contributed by atoms with van der Waals surface area (Å²) in [6.45, 7) is 4.14. The van der Waals surface area contributed by atoms with E-state index in [4.69, 9.17) is 0 Å². The summed E-state index contributed by atoms with van der Waals surface area (Å²) in [4.78, 5) is 10.9. The van der Waals surface area contributed by atoms with Crippen molar-refractivity contribution in [2.75, 3.05) is 0 Å². The molecule has 0 radical (unpaired) electrons. The zero-order valence-corrected chi connectivity index (χ0v) is 10.7. The highest BCUT2D eigenvalue weighted by Gasteiger charge is 2.40. The van der Waals surface area contributed by atoms with Crippen LogP contribution >= 0.6 is 15.9 Å². The molecule has 2 nitrogen and oxygen atoms in total. The maximum absolute atomic E-state index is 13.6. The quantitative estimate of drug-likeness (QED) is 0.623. The number of hydrogen-bond donors (Lipinski definition) is 0. The van der Waals surface area contributed by atoms with Crippen LogP contribution in [0.15, 0.2) is 41.4 Å². The summed E-state index contributed by atoms with van der Waals surface area (Å²) >= 11 is 3.20. The third-order valence-electron chi connectivity index (χ3n) is 2.08. The molecule has 0 bridgehead atoms. The maximum atomic E-state index is 13.6. The molecule has 5 heteroatoms. The van der Waals surface area contributed by atoms with Gasteiger partial charge in [0.05, 0.1) is 0 Å². The Morgan fingerprint density at radius 2 is 2.00 bits per heavy atom. The van der Waals surface area contributed by atoms with E-state index in [2.05, 4.69) is 27.2 Å². The second-order valence-corrected chi connectivity index (χ2v) is 4.34. The molecular formula is C12H11BrF2O2. The predicted octanol–water partition coefficient (Wildman–Crippen LogP) is 3.87. The summed E-state index contributed by atoms with van der Waals surface area (Å²) in [7, 11) is 0. The molecule has 92 valence electrons. The summed E-state index contributed by atoms with van der Waals surface area (Å²) < 4.78 is 32.5. The fraction of sp³-hybridized carbons (Fsp3) is 0.250. The molecule has 0 unspecified atom stereocenters. The Balaban J connectivity index is 3.10. The van der Waals surface area contributed by atoms with E-state index < -0.39 is 18.0 Å². The standard InChI is InChI=1S/C12H11BrF2O2/c1-3-12(14,15)11(17-8(2)16)9-4-6-10(13)7-5-9/h3-7,11H,1H2,2H3/t11-/m0/s1. The van der Waals surface area contributed by atoms with E-state index in [0.29, 0.717) is 6.08 Å². The number of alkyl halides is 2. The molecular weight excluding hydrogens is 294 g/mol. The second kappa shape index (κ2) is 5.40.